The number of rotatable bonds is 9. The van der Waals surface area contributed by atoms with E-state index in [9.17, 15) is 13.2 Å². The van der Waals surface area contributed by atoms with Gasteiger partial charge in [0.2, 0.25) is 0 Å². The Morgan fingerprint density at radius 3 is 2.62 bits per heavy atom. The minimum absolute atomic E-state index is 0.0509. The molecule has 12 heteroatoms. The first-order valence-electron chi connectivity index (χ1n) is 10.2. The minimum Gasteiger partial charge on any atom is -0.382 e. The van der Waals surface area contributed by atoms with Gasteiger partial charge < -0.3 is 16.8 Å². The van der Waals surface area contributed by atoms with Gasteiger partial charge in [-0.1, -0.05) is 54.8 Å². The molecule has 2 aromatic rings. The Balaban J connectivity index is 1.36. The summed E-state index contributed by atoms with van der Waals surface area (Å²) < 4.78 is 24.5. The van der Waals surface area contributed by atoms with Gasteiger partial charge in [-0.2, -0.15) is 0 Å². The summed E-state index contributed by atoms with van der Waals surface area (Å²) in [5, 5.41) is 5.62. The van der Waals surface area contributed by atoms with E-state index in [-0.39, 0.29) is 40.0 Å². The molecule has 0 saturated heterocycles. The number of amides is 1. The highest BCUT2D eigenvalue weighted by Crippen LogP contribution is 2.17. The number of unbranched alkanes of at least 4 members (excludes halogenated alkanes) is 2. The van der Waals surface area contributed by atoms with Gasteiger partial charge >= 0.3 is 0 Å². The molecule has 1 aromatic heterocycles. The number of carbonyl (C=O) groups excluding carboxylic acids is 1. The summed E-state index contributed by atoms with van der Waals surface area (Å²) >= 11 is 5.80. The third kappa shape index (κ3) is 6.79. The highest BCUT2D eigenvalue weighted by molar-refractivity contribution is 7.90. The molecule has 0 radical (unpaired) electrons. The zero-order valence-corrected chi connectivity index (χ0v) is 19.0. The van der Waals surface area contributed by atoms with E-state index in [0.717, 1.165) is 24.8 Å². The van der Waals surface area contributed by atoms with Crippen molar-refractivity contribution in [2.24, 2.45) is 4.99 Å². The van der Waals surface area contributed by atoms with E-state index in [1.165, 1.54) is 0 Å². The van der Waals surface area contributed by atoms with Crippen molar-refractivity contribution in [3.63, 3.8) is 0 Å². The van der Waals surface area contributed by atoms with Crippen LogP contribution in [0.15, 0.2) is 35.3 Å². The van der Waals surface area contributed by atoms with Crippen LogP contribution in [0, 0.1) is 0 Å². The van der Waals surface area contributed by atoms with Gasteiger partial charge in [-0.3, -0.25) is 15.1 Å². The summed E-state index contributed by atoms with van der Waals surface area (Å²) in [6.45, 7) is 0.506. The van der Waals surface area contributed by atoms with Gasteiger partial charge in [0, 0.05) is 6.04 Å². The summed E-state index contributed by atoms with van der Waals surface area (Å²) in [4.78, 5) is 24.3. The predicted molar refractivity (Wildman–Crippen MR) is 125 cm³/mol. The van der Waals surface area contributed by atoms with E-state index in [1.807, 2.05) is 30.3 Å². The molecule has 0 bridgehead atoms. The number of aliphatic imine (C=N–C) groups is 1. The number of nitrogens with one attached hydrogen (secondary N) is 2. The van der Waals surface area contributed by atoms with Crippen LogP contribution in [0.25, 0.3) is 0 Å². The van der Waals surface area contributed by atoms with Crippen molar-refractivity contribution in [2.75, 3.05) is 23.8 Å². The molecule has 172 valence electrons. The first-order chi connectivity index (χ1) is 15.2. The number of hydrogen-bond donors (Lipinski definition) is 4. The number of nitrogens with zero attached hydrogens (tertiary/aromatic N) is 3. The Bertz CT molecular complexity index is 1090. The smallest absolute Gasteiger partial charge is 0.280 e. The van der Waals surface area contributed by atoms with Crippen LogP contribution in [-0.4, -0.2) is 48.6 Å². The van der Waals surface area contributed by atoms with Gasteiger partial charge in [-0.15, -0.1) is 0 Å². The summed E-state index contributed by atoms with van der Waals surface area (Å²) in [5.74, 6) is -0.202. The number of halogens is 1. The third-order valence-corrected chi connectivity index (χ3v) is 6.86. The highest BCUT2D eigenvalue weighted by Gasteiger charge is 2.22. The van der Waals surface area contributed by atoms with Crippen molar-refractivity contribution < 1.29 is 13.2 Å². The molecule has 1 aromatic carbocycles. The topological polar surface area (TPSA) is 165 Å². The Kier molecular flexibility index (Phi) is 7.86. The number of carbonyl (C=O) groups is 1. The molecule has 1 atom stereocenters. The van der Waals surface area contributed by atoms with Crippen LogP contribution >= 0.6 is 11.6 Å². The fourth-order valence-electron chi connectivity index (χ4n) is 3.29. The molecule has 10 nitrogen and oxygen atoms in total. The molecule has 32 heavy (non-hydrogen) atoms. The molecule has 2 heterocycles. The molecule has 0 spiro atoms. The molecule has 0 unspecified atom stereocenters. The molecule has 1 aliphatic rings. The van der Waals surface area contributed by atoms with Crippen molar-refractivity contribution in [3.8, 4) is 0 Å². The fraction of sp³-hybridized carbons (Fsp3) is 0.400. The Morgan fingerprint density at radius 1 is 1.12 bits per heavy atom. The quantitative estimate of drug-likeness (QED) is 0.393. The van der Waals surface area contributed by atoms with E-state index in [4.69, 9.17) is 23.1 Å². The molecule has 3 rings (SSSR count). The summed E-state index contributed by atoms with van der Waals surface area (Å²) in [6.07, 6.45) is 3.06. The lowest BCUT2D eigenvalue weighted by molar-refractivity contribution is 0.0972. The van der Waals surface area contributed by atoms with Crippen LogP contribution in [0.4, 0.5) is 11.6 Å². The second kappa shape index (κ2) is 10.6. The van der Waals surface area contributed by atoms with Crippen LogP contribution in [0.3, 0.4) is 0 Å². The van der Waals surface area contributed by atoms with E-state index >= 15 is 0 Å². The highest BCUT2D eigenvalue weighted by atomic mass is 35.5. The van der Waals surface area contributed by atoms with Crippen LogP contribution in [0.2, 0.25) is 5.15 Å². The average molecular weight is 480 g/mol. The number of guanidine groups is 1. The van der Waals surface area contributed by atoms with Gasteiger partial charge in [0.15, 0.2) is 38.3 Å². The monoisotopic (exact) mass is 479 g/mol. The second-order valence-electron chi connectivity index (χ2n) is 7.55. The molecule has 0 fully saturated rings. The van der Waals surface area contributed by atoms with Crippen molar-refractivity contribution in [3.05, 3.63) is 46.7 Å². The van der Waals surface area contributed by atoms with Crippen LogP contribution in [0.5, 0.6) is 0 Å². The first-order valence-corrected chi connectivity index (χ1v) is 12.4. The van der Waals surface area contributed by atoms with E-state index in [0.29, 0.717) is 18.9 Å². The molecule has 6 N–H and O–H groups in total. The number of aromatic nitrogens is 2. The average Bonchev–Trinajstić information content (AvgIpc) is 3.17. The number of nitrogens with two attached hydrogens (primary N) is 2. The lowest BCUT2D eigenvalue weighted by atomic mass is 10.1. The number of hydrogen-bond acceptors (Lipinski definition) is 9. The fourth-order valence-corrected chi connectivity index (χ4v) is 4.91. The van der Waals surface area contributed by atoms with Gasteiger partial charge in [0.25, 0.3) is 5.91 Å². The summed E-state index contributed by atoms with van der Waals surface area (Å²) in [6, 6.07) is 9.25. The SMILES string of the molecule is Nc1nc(N)c(C(=O)NC2=NC[C@H](CCCCCS(=O)(=O)Cc3ccccc3)N2)nc1Cl. The van der Waals surface area contributed by atoms with Gasteiger partial charge in [0.05, 0.1) is 18.1 Å². The lowest BCUT2D eigenvalue weighted by Gasteiger charge is -2.12. The molecule has 0 aliphatic carbocycles. The number of benzene rings is 1. The van der Waals surface area contributed by atoms with Crippen LogP contribution in [0.1, 0.15) is 41.7 Å². The van der Waals surface area contributed by atoms with Gasteiger partial charge in [0.1, 0.15) is 0 Å². The number of anilines is 2. The van der Waals surface area contributed by atoms with E-state index in [2.05, 4.69) is 25.6 Å². The zero-order chi connectivity index (χ0) is 23.1. The molecule has 1 aliphatic heterocycles. The maximum Gasteiger partial charge on any atom is 0.280 e. The Hall–Kier alpha value is -2.92. The summed E-state index contributed by atoms with van der Waals surface area (Å²) in [7, 11) is -3.12. The molecular formula is C20H26ClN7O3S. The number of sulfone groups is 1. The largest absolute Gasteiger partial charge is 0.382 e. The predicted octanol–water partition coefficient (Wildman–Crippen LogP) is 1.53. The van der Waals surface area contributed by atoms with Gasteiger partial charge in [-0.05, 0) is 18.4 Å². The molecule has 1 amide bonds. The standard InChI is InChI=1S/C20H26ClN7O3S/c21-16-18(23)27-17(22)15(26-16)19(29)28-20-24-11-14(25-20)9-5-2-6-10-32(30,31)12-13-7-3-1-4-8-13/h1,3-4,7-8,14H,2,5-6,9-12H2,(H4,22,23,27)(H2,24,25,28,29)/t14-/m0/s1. The second-order valence-corrected chi connectivity index (χ2v) is 10.1. The van der Waals surface area contributed by atoms with Crippen LogP contribution < -0.4 is 22.1 Å². The minimum atomic E-state index is -3.12. The Labute approximate surface area is 191 Å². The van der Waals surface area contributed by atoms with Crippen molar-refractivity contribution in [1.82, 2.24) is 20.6 Å². The van der Waals surface area contributed by atoms with Crippen molar-refractivity contribution in [2.45, 2.75) is 37.5 Å². The Morgan fingerprint density at radius 2 is 1.88 bits per heavy atom. The maximum atomic E-state index is 12.3. The first kappa shape index (κ1) is 23.7. The van der Waals surface area contributed by atoms with Crippen LogP contribution in [-0.2, 0) is 15.6 Å². The number of nitrogen functional groups attached to an aromatic ring is 2. The zero-order valence-electron chi connectivity index (χ0n) is 17.4. The van der Waals surface area contributed by atoms with Crippen molar-refractivity contribution >= 4 is 44.9 Å². The van der Waals surface area contributed by atoms with Crippen molar-refractivity contribution in [1.29, 1.82) is 0 Å². The normalized spacial score (nSPS) is 15.8. The third-order valence-electron chi connectivity index (χ3n) is 4.90. The molecule has 0 saturated carbocycles. The van der Waals surface area contributed by atoms with E-state index in [1.54, 1.807) is 0 Å². The maximum absolute atomic E-state index is 12.3. The van der Waals surface area contributed by atoms with E-state index < -0.39 is 15.7 Å². The van der Waals surface area contributed by atoms with Gasteiger partial charge in [-0.25, -0.2) is 18.4 Å². The summed E-state index contributed by atoms with van der Waals surface area (Å²) in [5.41, 5.74) is 11.9. The molecular weight excluding hydrogens is 454 g/mol. The lowest BCUT2D eigenvalue weighted by Crippen LogP contribution is -2.42.